The van der Waals surface area contributed by atoms with Crippen molar-refractivity contribution < 1.29 is 14.5 Å². The summed E-state index contributed by atoms with van der Waals surface area (Å²) >= 11 is 0. The molecule has 0 spiro atoms. The molecule has 0 aromatic heterocycles. The summed E-state index contributed by atoms with van der Waals surface area (Å²) in [4.78, 5) is 24.4. The maximum atomic E-state index is 11.7. The molecule has 0 N–H and O–H groups in total. The number of hydrogen-bond acceptors (Lipinski definition) is 4. The zero-order chi connectivity index (χ0) is 13.3. The summed E-state index contributed by atoms with van der Waals surface area (Å²) in [5.41, 5.74) is -0.639. The van der Waals surface area contributed by atoms with Gasteiger partial charge in [-0.1, -0.05) is 6.42 Å². The third-order valence-electron chi connectivity index (χ3n) is 3.87. The molecular formula is C12H18N2O4. The molecule has 1 aliphatic carbocycles. The molecule has 2 aliphatic rings. The van der Waals surface area contributed by atoms with Gasteiger partial charge in [-0.2, -0.15) is 0 Å². The number of carbonyl (C=O) groups excluding carboxylic acids is 1. The summed E-state index contributed by atoms with van der Waals surface area (Å²) in [5, 5.41) is 11.5. The Kier molecular flexibility index (Phi) is 3.38. The minimum Gasteiger partial charge on any atom is -0.366 e. The molecule has 1 amide bonds. The second-order valence-electron chi connectivity index (χ2n) is 5.13. The van der Waals surface area contributed by atoms with E-state index in [0.717, 1.165) is 12.8 Å². The van der Waals surface area contributed by atoms with Crippen LogP contribution in [-0.4, -0.2) is 48.1 Å². The van der Waals surface area contributed by atoms with Gasteiger partial charge in [0.05, 0.1) is 6.61 Å². The van der Waals surface area contributed by atoms with Crippen LogP contribution < -0.4 is 0 Å². The van der Waals surface area contributed by atoms with Gasteiger partial charge in [0.1, 0.15) is 6.10 Å². The number of carbonyl (C=O) groups is 1. The quantitative estimate of drug-likeness (QED) is 0.418. The highest BCUT2D eigenvalue weighted by molar-refractivity contribution is 5.88. The smallest absolute Gasteiger partial charge is 0.271 e. The number of nitro groups is 1. The van der Waals surface area contributed by atoms with E-state index in [1.165, 1.54) is 11.0 Å². The molecule has 1 saturated heterocycles. The van der Waals surface area contributed by atoms with Crippen molar-refractivity contribution in [1.29, 1.82) is 0 Å². The molecule has 2 fully saturated rings. The lowest BCUT2D eigenvalue weighted by atomic mass is 9.76. The Morgan fingerprint density at radius 1 is 1.56 bits per heavy atom. The molecular weight excluding hydrogens is 236 g/mol. The Morgan fingerprint density at radius 3 is 2.89 bits per heavy atom. The van der Waals surface area contributed by atoms with Gasteiger partial charge in [0.2, 0.25) is 5.91 Å². The molecule has 2 rings (SSSR count). The van der Waals surface area contributed by atoms with E-state index in [9.17, 15) is 14.9 Å². The number of fused-ring (bicyclic) bond motifs is 1. The van der Waals surface area contributed by atoms with Gasteiger partial charge in [0.15, 0.2) is 0 Å². The van der Waals surface area contributed by atoms with Crippen LogP contribution in [0.3, 0.4) is 0 Å². The third-order valence-corrected chi connectivity index (χ3v) is 3.87. The minimum atomic E-state index is -1.16. The van der Waals surface area contributed by atoms with Crippen molar-refractivity contribution in [2.75, 3.05) is 20.7 Å². The number of nitrogens with zero attached hydrogens (tertiary/aromatic N) is 2. The fourth-order valence-electron chi connectivity index (χ4n) is 2.80. The number of likely N-dealkylation sites (N-methyl/N-ethyl adjacent to an activating group) is 1. The van der Waals surface area contributed by atoms with Crippen LogP contribution in [0.15, 0.2) is 11.6 Å². The highest BCUT2D eigenvalue weighted by atomic mass is 16.6. The molecule has 1 heterocycles. The van der Waals surface area contributed by atoms with E-state index < -0.39 is 5.54 Å². The normalized spacial score (nSPS) is 33.2. The molecule has 0 aromatic carbocycles. The zero-order valence-electron chi connectivity index (χ0n) is 10.7. The van der Waals surface area contributed by atoms with Crippen molar-refractivity contribution in [3.63, 3.8) is 0 Å². The van der Waals surface area contributed by atoms with Crippen molar-refractivity contribution >= 4 is 5.91 Å². The van der Waals surface area contributed by atoms with Gasteiger partial charge in [0.25, 0.3) is 5.54 Å². The van der Waals surface area contributed by atoms with Crippen LogP contribution in [-0.2, 0) is 9.53 Å². The van der Waals surface area contributed by atoms with Crippen LogP contribution in [0.5, 0.6) is 0 Å². The van der Waals surface area contributed by atoms with Crippen LogP contribution >= 0.6 is 0 Å². The Bertz CT molecular complexity index is 405. The molecule has 0 unspecified atom stereocenters. The summed E-state index contributed by atoms with van der Waals surface area (Å²) in [5.74, 6) is -0.221. The fraction of sp³-hybridized carbons (Fsp3) is 0.750. The average molecular weight is 254 g/mol. The predicted octanol–water partition coefficient (Wildman–Crippen LogP) is 0.989. The van der Waals surface area contributed by atoms with E-state index in [4.69, 9.17) is 4.74 Å². The van der Waals surface area contributed by atoms with Crippen molar-refractivity contribution in [1.82, 2.24) is 4.90 Å². The van der Waals surface area contributed by atoms with Crippen LogP contribution in [0.4, 0.5) is 0 Å². The van der Waals surface area contributed by atoms with E-state index in [-0.39, 0.29) is 23.5 Å². The van der Waals surface area contributed by atoms with Gasteiger partial charge in [-0.15, -0.1) is 0 Å². The molecule has 6 nitrogen and oxygen atoms in total. The van der Waals surface area contributed by atoms with Crippen LogP contribution in [0.2, 0.25) is 0 Å². The highest BCUT2D eigenvalue weighted by Gasteiger charge is 2.59. The number of ether oxygens (including phenoxy) is 1. The SMILES string of the molecule is CN(C)C(=O)/C=C1\CO[C@@H]2CCCC[C@]12[N+](=O)[O-]. The van der Waals surface area contributed by atoms with Crippen LogP contribution in [0.1, 0.15) is 25.7 Å². The monoisotopic (exact) mass is 254 g/mol. The Labute approximate surface area is 106 Å². The molecule has 0 bridgehead atoms. The number of hydrogen-bond donors (Lipinski definition) is 0. The van der Waals surface area contributed by atoms with Crippen molar-refractivity contribution in [2.45, 2.75) is 37.3 Å². The largest absolute Gasteiger partial charge is 0.366 e. The first-order valence-corrected chi connectivity index (χ1v) is 6.17. The lowest BCUT2D eigenvalue weighted by Gasteiger charge is -2.30. The Balaban J connectivity index is 2.36. The molecule has 0 aromatic rings. The molecule has 1 aliphatic heterocycles. The van der Waals surface area contributed by atoms with Gasteiger partial charge < -0.3 is 9.64 Å². The van der Waals surface area contributed by atoms with Crippen molar-refractivity contribution in [3.8, 4) is 0 Å². The van der Waals surface area contributed by atoms with Crippen molar-refractivity contribution in [2.24, 2.45) is 0 Å². The lowest BCUT2D eigenvalue weighted by Crippen LogP contribution is -2.49. The maximum absolute atomic E-state index is 11.7. The molecule has 2 atom stereocenters. The zero-order valence-corrected chi connectivity index (χ0v) is 10.7. The fourth-order valence-corrected chi connectivity index (χ4v) is 2.80. The van der Waals surface area contributed by atoms with Gasteiger partial charge in [-0.05, 0) is 12.8 Å². The van der Waals surface area contributed by atoms with Crippen LogP contribution in [0.25, 0.3) is 0 Å². The van der Waals surface area contributed by atoms with Gasteiger partial charge in [0, 0.05) is 37.1 Å². The topological polar surface area (TPSA) is 72.7 Å². The lowest BCUT2D eigenvalue weighted by molar-refractivity contribution is -0.568. The average Bonchev–Trinajstić information content (AvgIpc) is 2.69. The first-order valence-electron chi connectivity index (χ1n) is 6.17. The summed E-state index contributed by atoms with van der Waals surface area (Å²) in [6.07, 6.45) is 3.95. The first kappa shape index (κ1) is 13.0. The highest BCUT2D eigenvalue weighted by Crippen LogP contribution is 2.43. The molecule has 6 heteroatoms. The summed E-state index contributed by atoms with van der Waals surface area (Å²) in [6.45, 7) is 0.200. The second-order valence-corrected chi connectivity index (χ2v) is 5.13. The minimum absolute atomic E-state index is 0.200. The Hall–Kier alpha value is -1.43. The van der Waals surface area contributed by atoms with E-state index in [1.807, 2.05) is 0 Å². The summed E-state index contributed by atoms with van der Waals surface area (Å²) in [6, 6.07) is 0. The summed E-state index contributed by atoms with van der Waals surface area (Å²) in [7, 11) is 3.26. The standard InChI is InChI=1S/C12H18N2O4/c1-13(2)11(15)7-9-8-18-10-5-3-4-6-12(9,10)14(16)17/h7,10H,3-6,8H2,1-2H3/b9-7+/t10-,12+/m1/s1. The van der Waals surface area contributed by atoms with E-state index in [0.29, 0.717) is 18.4 Å². The predicted molar refractivity (Wildman–Crippen MR) is 64.7 cm³/mol. The van der Waals surface area contributed by atoms with E-state index in [2.05, 4.69) is 0 Å². The molecule has 100 valence electrons. The summed E-state index contributed by atoms with van der Waals surface area (Å²) < 4.78 is 5.53. The van der Waals surface area contributed by atoms with E-state index in [1.54, 1.807) is 14.1 Å². The van der Waals surface area contributed by atoms with E-state index >= 15 is 0 Å². The van der Waals surface area contributed by atoms with Gasteiger partial charge in [-0.3, -0.25) is 14.9 Å². The molecule has 0 radical (unpaired) electrons. The molecule has 18 heavy (non-hydrogen) atoms. The molecule has 1 saturated carbocycles. The van der Waals surface area contributed by atoms with Gasteiger partial charge in [-0.25, -0.2) is 0 Å². The second kappa shape index (κ2) is 4.68. The van der Waals surface area contributed by atoms with Gasteiger partial charge >= 0.3 is 0 Å². The van der Waals surface area contributed by atoms with Crippen LogP contribution in [0, 0.1) is 10.1 Å². The van der Waals surface area contributed by atoms with Crippen molar-refractivity contribution in [3.05, 3.63) is 21.8 Å². The number of amides is 1. The maximum Gasteiger partial charge on any atom is 0.271 e. The first-order chi connectivity index (χ1) is 8.48. The Morgan fingerprint density at radius 2 is 2.28 bits per heavy atom. The third kappa shape index (κ3) is 1.90. The number of rotatable bonds is 2.